The summed E-state index contributed by atoms with van der Waals surface area (Å²) in [4.78, 5) is 12.1. The molecule has 0 aliphatic rings. The van der Waals surface area contributed by atoms with Gasteiger partial charge in [0, 0.05) is 11.6 Å². The molecule has 0 spiro atoms. The molecule has 2 aromatic rings. The number of methoxy groups -OCH3 is 1. The van der Waals surface area contributed by atoms with Gasteiger partial charge in [0.15, 0.2) is 0 Å². The first-order valence-electron chi connectivity index (χ1n) is 5.72. The second kappa shape index (κ2) is 6.53. The summed E-state index contributed by atoms with van der Waals surface area (Å²) in [7, 11) is 1.51. The third-order valence-corrected chi connectivity index (χ3v) is 3.90. The van der Waals surface area contributed by atoms with Crippen molar-refractivity contribution in [3.63, 3.8) is 0 Å². The van der Waals surface area contributed by atoms with Crippen molar-refractivity contribution in [3.05, 3.63) is 56.5 Å². The van der Waals surface area contributed by atoms with Gasteiger partial charge < -0.3 is 10.1 Å². The van der Waals surface area contributed by atoms with Gasteiger partial charge in [-0.2, -0.15) is 0 Å². The highest BCUT2D eigenvalue weighted by molar-refractivity contribution is 9.10. The number of rotatable bonds is 3. The highest BCUT2D eigenvalue weighted by Crippen LogP contribution is 2.27. The Morgan fingerprint density at radius 3 is 2.43 bits per heavy atom. The zero-order valence-corrected chi connectivity index (χ0v) is 13.9. The Kier molecular flexibility index (Phi) is 4.95. The molecule has 110 valence electrons. The number of halogens is 4. The maximum Gasteiger partial charge on any atom is 0.255 e. The predicted molar refractivity (Wildman–Crippen MR) is 82.7 cm³/mol. The van der Waals surface area contributed by atoms with E-state index in [1.54, 1.807) is 12.1 Å². The quantitative estimate of drug-likeness (QED) is 0.727. The third-order valence-electron chi connectivity index (χ3n) is 2.67. The second-order valence-corrected chi connectivity index (χ2v) is 5.76. The molecule has 0 aromatic heterocycles. The van der Waals surface area contributed by atoms with Crippen molar-refractivity contribution in [1.82, 2.24) is 0 Å². The molecule has 3 nitrogen and oxygen atoms in total. The van der Waals surface area contributed by atoms with Crippen LogP contribution in [-0.4, -0.2) is 13.0 Å². The van der Waals surface area contributed by atoms with E-state index in [-0.39, 0.29) is 10.2 Å². The smallest absolute Gasteiger partial charge is 0.255 e. The van der Waals surface area contributed by atoms with E-state index in [1.165, 1.54) is 19.2 Å². The summed E-state index contributed by atoms with van der Waals surface area (Å²) < 4.78 is 32.5. The zero-order valence-electron chi connectivity index (χ0n) is 10.7. The molecule has 0 atom stereocenters. The van der Waals surface area contributed by atoms with Crippen LogP contribution in [0.25, 0.3) is 0 Å². The van der Waals surface area contributed by atoms with Crippen LogP contribution >= 0.6 is 31.9 Å². The molecular weight excluding hydrogens is 412 g/mol. The number of ether oxygens (including phenoxy) is 1. The molecule has 1 amide bonds. The van der Waals surface area contributed by atoms with E-state index in [2.05, 4.69) is 37.2 Å². The van der Waals surface area contributed by atoms with Crippen LogP contribution in [0.15, 0.2) is 39.3 Å². The summed E-state index contributed by atoms with van der Waals surface area (Å²) in [5.74, 6) is -1.53. The van der Waals surface area contributed by atoms with Gasteiger partial charge in [0.1, 0.15) is 17.4 Å². The van der Waals surface area contributed by atoms with Gasteiger partial charge in [-0.25, -0.2) is 8.78 Å². The number of benzene rings is 2. The lowest BCUT2D eigenvalue weighted by Crippen LogP contribution is -2.13. The Bertz CT molecular complexity index is 708. The minimum absolute atomic E-state index is 0.0649. The Hall–Kier alpha value is -1.47. The molecule has 0 saturated carbocycles. The molecule has 0 saturated heterocycles. The highest BCUT2D eigenvalue weighted by atomic mass is 79.9. The van der Waals surface area contributed by atoms with Crippen LogP contribution in [0.3, 0.4) is 0 Å². The van der Waals surface area contributed by atoms with Crippen molar-refractivity contribution in [3.8, 4) is 5.75 Å². The fraction of sp³-hybridized carbons (Fsp3) is 0.0714. The fourth-order valence-electron chi connectivity index (χ4n) is 1.62. The number of amides is 1. The standard InChI is InChI=1S/C14H9Br2F2NO2/c1-21-13-3-2-7(4-9(13)16)14(20)19-12-5-8(15)10(17)6-11(12)18/h2-6H,1H3,(H,19,20). The normalized spacial score (nSPS) is 10.3. The summed E-state index contributed by atoms with van der Waals surface area (Å²) in [5, 5.41) is 2.39. The van der Waals surface area contributed by atoms with Gasteiger partial charge in [-0.1, -0.05) is 0 Å². The number of hydrogen-bond donors (Lipinski definition) is 1. The van der Waals surface area contributed by atoms with Gasteiger partial charge in [0.05, 0.1) is 21.7 Å². The van der Waals surface area contributed by atoms with E-state index < -0.39 is 17.5 Å². The van der Waals surface area contributed by atoms with E-state index in [9.17, 15) is 13.6 Å². The van der Waals surface area contributed by atoms with Gasteiger partial charge in [-0.3, -0.25) is 4.79 Å². The van der Waals surface area contributed by atoms with Crippen LogP contribution in [0.2, 0.25) is 0 Å². The van der Waals surface area contributed by atoms with Gasteiger partial charge in [-0.15, -0.1) is 0 Å². The molecule has 1 N–H and O–H groups in total. The lowest BCUT2D eigenvalue weighted by Gasteiger charge is -2.09. The van der Waals surface area contributed by atoms with E-state index >= 15 is 0 Å². The molecule has 0 bridgehead atoms. The van der Waals surface area contributed by atoms with Crippen LogP contribution in [0.5, 0.6) is 5.75 Å². The van der Waals surface area contributed by atoms with Crippen LogP contribution in [0, 0.1) is 11.6 Å². The molecule has 7 heteroatoms. The summed E-state index contributed by atoms with van der Waals surface area (Å²) >= 11 is 6.20. The molecule has 2 rings (SSSR count). The second-order valence-electron chi connectivity index (χ2n) is 4.05. The fourth-order valence-corrected chi connectivity index (χ4v) is 2.50. The van der Waals surface area contributed by atoms with Crippen molar-refractivity contribution in [1.29, 1.82) is 0 Å². The summed E-state index contributed by atoms with van der Waals surface area (Å²) in [6.07, 6.45) is 0. The molecule has 21 heavy (non-hydrogen) atoms. The molecule has 0 radical (unpaired) electrons. The van der Waals surface area contributed by atoms with Crippen LogP contribution in [-0.2, 0) is 0 Å². The number of carbonyl (C=O) groups is 1. The highest BCUT2D eigenvalue weighted by Gasteiger charge is 2.13. The van der Waals surface area contributed by atoms with Crippen LogP contribution in [0.1, 0.15) is 10.4 Å². The molecule has 0 unspecified atom stereocenters. The predicted octanol–water partition coefficient (Wildman–Crippen LogP) is 4.75. The number of nitrogens with one attached hydrogen (secondary N) is 1. The van der Waals surface area contributed by atoms with Gasteiger partial charge in [0.25, 0.3) is 5.91 Å². The van der Waals surface area contributed by atoms with Crippen LogP contribution < -0.4 is 10.1 Å². The topological polar surface area (TPSA) is 38.3 Å². The largest absolute Gasteiger partial charge is 0.496 e. The first-order chi connectivity index (χ1) is 9.92. The number of carbonyl (C=O) groups excluding carboxylic acids is 1. The van der Waals surface area contributed by atoms with Gasteiger partial charge in [0.2, 0.25) is 0 Å². The molecule has 0 aliphatic heterocycles. The summed E-state index contributed by atoms with van der Waals surface area (Å²) in [5.41, 5.74) is 0.197. The summed E-state index contributed by atoms with van der Waals surface area (Å²) in [6.45, 7) is 0. The van der Waals surface area contributed by atoms with E-state index in [1.807, 2.05) is 0 Å². The van der Waals surface area contributed by atoms with E-state index in [0.717, 1.165) is 0 Å². The number of anilines is 1. The first kappa shape index (κ1) is 15.9. The summed E-state index contributed by atoms with van der Waals surface area (Å²) in [6, 6.07) is 6.56. The molecule has 0 heterocycles. The number of hydrogen-bond acceptors (Lipinski definition) is 2. The van der Waals surface area contributed by atoms with Crippen molar-refractivity contribution in [2.24, 2.45) is 0 Å². The van der Waals surface area contributed by atoms with Crippen molar-refractivity contribution in [2.45, 2.75) is 0 Å². The lowest BCUT2D eigenvalue weighted by atomic mass is 10.2. The molecule has 2 aromatic carbocycles. The van der Waals surface area contributed by atoms with Crippen molar-refractivity contribution >= 4 is 43.5 Å². The molecular formula is C14H9Br2F2NO2. The molecule has 0 aliphatic carbocycles. The van der Waals surface area contributed by atoms with E-state index in [4.69, 9.17) is 4.74 Å². The van der Waals surface area contributed by atoms with E-state index in [0.29, 0.717) is 21.9 Å². The Balaban J connectivity index is 2.26. The average molecular weight is 421 g/mol. The zero-order chi connectivity index (χ0) is 15.6. The maximum absolute atomic E-state index is 13.6. The SMILES string of the molecule is COc1ccc(C(=O)Nc2cc(Br)c(F)cc2F)cc1Br. The Morgan fingerprint density at radius 1 is 1.10 bits per heavy atom. The molecule has 0 fully saturated rings. The Labute approximate surface area is 136 Å². The lowest BCUT2D eigenvalue weighted by molar-refractivity contribution is 0.102. The van der Waals surface area contributed by atoms with Crippen LogP contribution in [0.4, 0.5) is 14.5 Å². The minimum atomic E-state index is -0.850. The van der Waals surface area contributed by atoms with Gasteiger partial charge in [-0.05, 0) is 56.1 Å². The minimum Gasteiger partial charge on any atom is -0.496 e. The monoisotopic (exact) mass is 419 g/mol. The van der Waals surface area contributed by atoms with Crippen molar-refractivity contribution in [2.75, 3.05) is 12.4 Å². The maximum atomic E-state index is 13.6. The van der Waals surface area contributed by atoms with Gasteiger partial charge >= 0.3 is 0 Å². The third kappa shape index (κ3) is 3.59. The van der Waals surface area contributed by atoms with Crippen molar-refractivity contribution < 1.29 is 18.3 Å². The Morgan fingerprint density at radius 2 is 1.81 bits per heavy atom. The average Bonchev–Trinajstić information content (AvgIpc) is 2.44. The first-order valence-corrected chi connectivity index (χ1v) is 7.30.